The van der Waals surface area contributed by atoms with Crippen molar-refractivity contribution >= 4 is 23.4 Å². The van der Waals surface area contributed by atoms with Crippen LogP contribution in [0.15, 0.2) is 0 Å². The van der Waals surface area contributed by atoms with Crippen LogP contribution >= 0.6 is 23.4 Å². The molecule has 0 heterocycles. The van der Waals surface area contributed by atoms with Crippen molar-refractivity contribution in [3.8, 4) is 0 Å². The monoisotopic (exact) mass is 211 g/mol. The Bertz CT molecular complexity index is 95.1. The second kappa shape index (κ2) is 9.65. The van der Waals surface area contributed by atoms with E-state index in [0.717, 1.165) is 18.8 Å². The van der Waals surface area contributed by atoms with Crippen LogP contribution in [-0.4, -0.2) is 43.7 Å². The van der Waals surface area contributed by atoms with Crippen molar-refractivity contribution in [2.45, 2.75) is 12.3 Å². The molecule has 0 aromatic carbocycles. The first-order valence-electron chi connectivity index (χ1n) is 4.22. The third kappa shape index (κ3) is 8.65. The van der Waals surface area contributed by atoms with Gasteiger partial charge in [-0.1, -0.05) is 6.92 Å². The van der Waals surface area contributed by atoms with Crippen molar-refractivity contribution in [1.29, 1.82) is 0 Å². The van der Waals surface area contributed by atoms with Crippen molar-refractivity contribution < 1.29 is 4.74 Å². The van der Waals surface area contributed by atoms with Gasteiger partial charge >= 0.3 is 0 Å². The van der Waals surface area contributed by atoms with E-state index in [-0.39, 0.29) is 5.38 Å². The van der Waals surface area contributed by atoms with Gasteiger partial charge in [-0.2, -0.15) is 11.8 Å². The highest BCUT2D eigenvalue weighted by Crippen LogP contribution is 1.96. The molecule has 0 bridgehead atoms. The summed E-state index contributed by atoms with van der Waals surface area (Å²) < 4.78 is 4.90. The van der Waals surface area contributed by atoms with Crippen LogP contribution in [0.2, 0.25) is 0 Å². The first kappa shape index (κ1) is 12.6. The molecule has 0 aliphatic heterocycles. The van der Waals surface area contributed by atoms with Gasteiger partial charge in [0.25, 0.3) is 0 Å². The van der Waals surface area contributed by atoms with E-state index in [0.29, 0.717) is 6.61 Å². The molecular weight excluding hydrogens is 194 g/mol. The number of ether oxygens (including phenoxy) is 1. The fourth-order valence-corrected chi connectivity index (χ4v) is 1.60. The van der Waals surface area contributed by atoms with Gasteiger partial charge in [0.2, 0.25) is 0 Å². The predicted octanol–water partition coefficient (Wildman–Crippen LogP) is 1.58. The highest BCUT2D eigenvalue weighted by Gasteiger charge is 2.01. The predicted molar refractivity (Wildman–Crippen MR) is 57.4 cm³/mol. The maximum Gasteiger partial charge on any atom is 0.0693 e. The normalized spacial score (nSPS) is 13.2. The Morgan fingerprint density at radius 1 is 1.58 bits per heavy atom. The molecule has 1 atom stereocenters. The molecule has 0 saturated carbocycles. The lowest BCUT2D eigenvalue weighted by Gasteiger charge is -2.08. The molecule has 0 radical (unpaired) electrons. The van der Waals surface area contributed by atoms with E-state index in [2.05, 4.69) is 12.2 Å². The number of methoxy groups -OCH3 is 1. The molecule has 0 aromatic rings. The van der Waals surface area contributed by atoms with Gasteiger partial charge in [-0.05, 0) is 5.75 Å². The molecule has 0 spiro atoms. The lowest BCUT2D eigenvalue weighted by molar-refractivity contribution is 0.197. The minimum Gasteiger partial charge on any atom is -0.383 e. The largest absolute Gasteiger partial charge is 0.383 e. The van der Waals surface area contributed by atoms with Gasteiger partial charge in [0, 0.05) is 26.0 Å². The van der Waals surface area contributed by atoms with Gasteiger partial charge in [-0.3, -0.25) is 0 Å². The van der Waals surface area contributed by atoms with Gasteiger partial charge in [-0.15, -0.1) is 11.6 Å². The van der Waals surface area contributed by atoms with E-state index in [1.165, 1.54) is 5.75 Å². The second-order valence-corrected chi connectivity index (χ2v) is 4.46. The third-order valence-corrected chi connectivity index (χ3v) is 2.52. The zero-order valence-electron chi connectivity index (χ0n) is 7.81. The number of nitrogens with one attached hydrogen (secondary N) is 1. The average Bonchev–Trinajstić information content (AvgIpc) is 2.05. The first-order valence-corrected chi connectivity index (χ1v) is 5.81. The SMILES string of the molecule is CCSCCNCC(Cl)COC. The summed E-state index contributed by atoms with van der Waals surface area (Å²) in [5.41, 5.74) is 0. The molecule has 1 unspecified atom stereocenters. The van der Waals surface area contributed by atoms with Gasteiger partial charge in [0.1, 0.15) is 0 Å². The van der Waals surface area contributed by atoms with Crippen molar-refractivity contribution in [2.75, 3.05) is 38.3 Å². The van der Waals surface area contributed by atoms with Gasteiger partial charge in [0.15, 0.2) is 0 Å². The molecule has 0 aliphatic rings. The lowest BCUT2D eigenvalue weighted by Crippen LogP contribution is -2.28. The molecule has 1 N–H and O–H groups in total. The van der Waals surface area contributed by atoms with Gasteiger partial charge < -0.3 is 10.1 Å². The van der Waals surface area contributed by atoms with E-state index in [1.807, 2.05) is 11.8 Å². The van der Waals surface area contributed by atoms with Crippen LogP contribution in [0.25, 0.3) is 0 Å². The molecule has 12 heavy (non-hydrogen) atoms. The minimum absolute atomic E-state index is 0.0987. The topological polar surface area (TPSA) is 21.3 Å². The van der Waals surface area contributed by atoms with Crippen LogP contribution in [0, 0.1) is 0 Å². The Morgan fingerprint density at radius 2 is 2.33 bits per heavy atom. The van der Waals surface area contributed by atoms with E-state index in [1.54, 1.807) is 7.11 Å². The molecular formula is C8H18ClNOS. The molecule has 0 amide bonds. The van der Waals surface area contributed by atoms with Crippen LogP contribution in [0.1, 0.15) is 6.92 Å². The van der Waals surface area contributed by atoms with Crippen molar-refractivity contribution in [3.63, 3.8) is 0 Å². The number of thioether (sulfide) groups is 1. The zero-order valence-corrected chi connectivity index (χ0v) is 9.38. The molecule has 0 saturated heterocycles. The molecule has 74 valence electrons. The fraction of sp³-hybridized carbons (Fsp3) is 1.00. The number of rotatable bonds is 8. The Balaban J connectivity index is 2.97. The van der Waals surface area contributed by atoms with Crippen LogP contribution in [-0.2, 0) is 4.74 Å². The summed E-state index contributed by atoms with van der Waals surface area (Å²) in [6.45, 7) is 4.65. The zero-order chi connectivity index (χ0) is 9.23. The molecule has 0 aromatic heterocycles. The van der Waals surface area contributed by atoms with Crippen molar-refractivity contribution in [2.24, 2.45) is 0 Å². The van der Waals surface area contributed by atoms with Gasteiger partial charge in [-0.25, -0.2) is 0 Å². The Labute approximate surface area is 84.4 Å². The maximum absolute atomic E-state index is 5.90. The van der Waals surface area contributed by atoms with E-state index < -0.39 is 0 Å². The summed E-state index contributed by atoms with van der Waals surface area (Å²) in [5.74, 6) is 2.34. The first-order chi connectivity index (χ1) is 5.81. The Kier molecular flexibility index (Phi) is 10.1. The molecule has 2 nitrogen and oxygen atoms in total. The van der Waals surface area contributed by atoms with Crippen molar-refractivity contribution in [3.05, 3.63) is 0 Å². The Morgan fingerprint density at radius 3 is 2.92 bits per heavy atom. The number of hydrogen-bond acceptors (Lipinski definition) is 3. The molecule has 0 rings (SSSR count). The highest BCUT2D eigenvalue weighted by molar-refractivity contribution is 7.99. The summed E-state index contributed by atoms with van der Waals surface area (Å²) >= 11 is 7.84. The van der Waals surface area contributed by atoms with Crippen molar-refractivity contribution in [1.82, 2.24) is 5.32 Å². The highest BCUT2D eigenvalue weighted by atomic mass is 35.5. The van der Waals surface area contributed by atoms with E-state index in [9.17, 15) is 0 Å². The van der Waals surface area contributed by atoms with E-state index in [4.69, 9.17) is 16.3 Å². The quantitative estimate of drug-likeness (QED) is 0.487. The third-order valence-electron chi connectivity index (χ3n) is 1.34. The average molecular weight is 212 g/mol. The standard InChI is InChI=1S/C8H18ClNOS/c1-3-12-5-4-10-6-8(9)7-11-2/h8,10H,3-7H2,1-2H3. The lowest BCUT2D eigenvalue weighted by atomic mass is 10.4. The van der Waals surface area contributed by atoms with Crippen LogP contribution in [0.3, 0.4) is 0 Å². The van der Waals surface area contributed by atoms with Crippen LogP contribution in [0.4, 0.5) is 0 Å². The maximum atomic E-state index is 5.90. The molecule has 0 aliphatic carbocycles. The smallest absolute Gasteiger partial charge is 0.0693 e. The number of hydrogen-bond donors (Lipinski definition) is 1. The van der Waals surface area contributed by atoms with E-state index >= 15 is 0 Å². The number of halogens is 1. The van der Waals surface area contributed by atoms with Crippen LogP contribution in [0.5, 0.6) is 0 Å². The molecule has 0 fully saturated rings. The summed E-state index contributed by atoms with van der Waals surface area (Å²) in [6, 6.07) is 0. The summed E-state index contributed by atoms with van der Waals surface area (Å²) in [4.78, 5) is 0. The number of alkyl halides is 1. The summed E-state index contributed by atoms with van der Waals surface area (Å²) in [7, 11) is 1.67. The molecule has 4 heteroatoms. The summed E-state index contributed by atoms with van der Waals surface area (Å²) in [5, 5.41) is 3.37. The summed E-state index contributed by atoms with van der Waals surface area (Å²) in [6.07, 6.45) is 0. The second-order valence-electron chi connectivity index (χ2n) is 2.45. The Hall–Kier alpha value is 0.560. The minimum atomic E-state index is 0.0987. The van der Waals surface area contributed by atoms with Gasteiger partial charge in [0.05, 0.1) is 12.0 Å². The fourth-order valence-electron chi connectivity index (χ4n) is 0.787. The van der Waals surface area contributed by atoms with Crippen LogP contribution < -0.4 is 5.32 Å².